The maximum Gasteiger partial charge on any atom is 0.0458 e. The van der Waals surface area contributed by atoms with Crippen LogP contribution in [0.3, 0.4) is 0 Å². The Morgan fingerprint density at radius 1 is 0.958 bits per heavy atom. The molecule has 0 heterocycles. The van der Waals surface area contributed by atoms with Gasteiger partial charge in [-0.2, -0.15) is 0 Å². The first-order valence-electron chi connectivity index (χ1n) is 8.75. The van der Waals surface area contributed by atoms with Gasteiger partial charge < -0.3 is 4.90 Å². The van der Waals surface area contributed by atoms with Crippen molar-refractivity contribution in [2.75, 3.05) is 4.90 Å². The number of hydrogen-bond donors (Lipinski definition) is 0. The number of rotatable bonds is 6. The molecule has 0 amide bonds. The van der Waals surface area contributed by atoms with E-state index < -0.39 is 0 Å². The summed E-state index contributed by atoms with van der Waals surface area (Å²) in [4.78, 5) is 2.16. The van der Waals surface area contributed by atoms with Gasteiger partial charge in [-0.25, -0.2) is 0 Å². The average molecular weight is 326 g/mol. The Balaban J connectivity index is 0. The molecular weight excluding hydrogens is 290 g/mol. The van der Waals surface area contributed by atoms with E-state index in [1.54, 1.807) is 6.08 Å². The van der Waals surface area contributed by atoms with Gasteiger partial charge >= 0.3 is 0 Å². The third kappa shape index (κ3) is 8.38. The van der Waals surface area contributed by atoms with E-state index in [4.69, 9.17) is 0 Å². The molecule has 1 aromatic carbocycles. The molecule has 1 aromatic rings. The van der Waals surface area contributed by atoms with Gasteiger partial charge in [0, 0.05) is 17.1 Å². The smallest absolute Gasteiger partial charge is 0.0458 e. The lowest BCUT2D eigenvalue weighted by Crippen LogP contribution is -2.19. The quantitative estimate of drug-likeness (QED) is 0.487. The highest BCUT2D eigenvalue weighted by atomic mass is 15.1. The molecular formula is C23H35N. The lowest BCUT2D eigenvalue weighted by Gasteiger charge is -2.26. The molecule has 0 saturated carbocycles. The second kappa shape index (κ2) is 15.6. The predicted octanol–water partition coefficient (Wildman–Crippen LogP) is 7.59. The van der Waals surface area contributed by atoms with Crippen LogP contribution in [-0.2, 0) is 0 Å². The summed E-state index contributed by atoms with van der Waals surface area (Å²) in [5.41, 5.74) is 4.49. The largest absolute Gasteiger partial charge is 0.315 e. The zero-order chi connectivity index (χ0) is 19.0. The van der Waals surface area contributed by atoms with E-state index in [0.717, 1.165) is 17.1 Å². The van der Waals surface area contributed by atoms with Crippen LogP contribution < -0.4 is 4.90 Å². The third-order valence-electron chi connectivity index (χ3n) is 2.93. The molecule has 0 aromatic heterocycles. The van der Waals surface area contributed by atoms with Crippen molar-refractivity contribution in [2.24, 2.45) is 0 Å². The van der Waals surface area contributed by atoms with Crippen molar-refractivity contribution < 1.29 is 0 Å². The second-order valence-electron chi connectivity index (χ2n) is 4.54. The van der Waals surface area contributed by atoms with E-state index >= 15 is 0 Å². The summed E-state index contributed by atoms with van der Waals surface area (Å²) < 4.78 is 0. The Bertz CT molecular complexity index is 542. The minimum atomic E-state index is 1.00. The summed E-state index contributed by atoms with van der Waals surface area (Å²) in [6, 6.07) is 8.45. The predicted molar refractivity (Wildman–Crippen MR) is 113 cm³/mol. The molecule has 1 nitrogen and oxygen atoms in total. The summed E-state index contributed by atoms with van der Waals surface area (Å²) in [7, 11) is 0. The SMILES string of the molecule is C=C/C=C(\C=C)N(/C(C)=C/C=C\C)c1ccc(C)cc1.CC.CC. The molecule has 0 bridgehead atoms. The Morgan fingerprint density at radius 2 is 1.50 bits per heavy atom. The molecule has 1 rings (SSSR count). The van der Waals surface area contributed by atoms with Gasteiger partial charge in [0.2, 0.25) is 0 Å². The van der Waals surface area contributed by atoms with Crippen LogP contribution in [0.2, 0.25) is 0 Å². The maximum absolute atomic E-state index is 3.90. The topological polar surface area (TPSA) is 3.24 Å². The van der Waals surface area contributed by atoms with Crippen molar-refractivity contribution in [3.05, 3.63) is 90.8 Å². The van der Waals surface area contributed by atoms with Crippen molar-refractivity contribution in [2.45, 2.75) is 48.5 Å². The van der Waals surface area contributed by atoms with E-state index in [2.05, 4.69) is 62.2 Å². The van der Waals surface area contributed by atoms with E-state index in [0.29, 0.717) is 0 Å². The second-order valence-corrected chi connectivity index (χ2v) is 4.54. The number of benzene rings is 1. The van der Waals surface area contributed by atoms with Gasteiger partial charge in [-0.1, -0.05) is 76.8 Å². The van der Waals surface area contributed by atoms with E-state index in [-0.39, 0.29) is 0 Å². The first-order chi connectivity index (χ1) is 11.6. The zero-order valence-corrected chi connectivity index (χ0v) is 16.6. The van der Waals surface area contributed by atoms with Crippen LogP contribution in [0.1, 0.15) is 47.1 Å². The van der Waals surface area contributed by atoms with Crippen LogP contribution in [0.4, 0.5) is 5.69 Å². The van der Waals surface area contributed by atoms with Crippen molar-refractivity contribution in [3.8, 4) is 0 Å². The van der Waals surface area contributed by atoms with Crippen LogP contribution in [0, 0.1) is 6.92 Å². The fraction of sp³-hybridized carbons (Fsp3) is 0.304. The summed E-state index contributed by atoms with van der Waals surface area (Å²) in [5, 5.41) is 0. The molecule has 0 aliphatic rings. The van der Waals surface area contributed by atoms with Crippen LogP contribution in [0.5, 0.6) is 0 Å². The molecule has 132 valence electrons. The third-order valence-corrected chi connectivity index (χ3v) is 2.93. The lowest BCUT2D eigenvalue weighted by atomic mass is 10.1. The van der Waals surface area contributed by atoms with Crippen molar-refractivity contribution in [1.82, 2.24) is 0 Å². The molecule has 0 N–H and O–H groups in total. The highest BCUT2D eigenvalue weighted by Gasteiger charge is 2.10. The molecule has 0 aliphatic heterocycles. The Hall–Kier alpha value is -2.28. The summed E-state index contributed by atoms with van der Waals surface area (Å²) in [6.07, 6.45) is 11.7. The van der Waals surface area contributed by atoms with E-state index in [1.165, 1.54) is 5.56 Å². The Kier molecular flexibility index (Phi) is 15.6. The summed E-state index contributed by atoms with van der Waals surface area (Å²) in [6.45, 7) is 21.9. The van der Waals surface area contributed by atoms with E-state index in [9.17, 15) is 0 Å². The molecule has 24 heavy (non-hydrogen) atoms. The number of aryl methyl sites for hydroxylation is 1. The number of anilines is 1. The average Bonchev–Trinajstić information content (AvgIpc) is 2.64. The van der Waals surface area contributed by atoms with Crippen LogP contribution >= 0.6 is 0 Å². The molecule has 0 unspecified atom stereocenters. The zero-order valence-electron chi connectivity index (χ0n) is 16.6. The molecule has 1 heteroatoms. The van der Waals surface area contributed by atoms with Crippen molar-refractivity contribution in [3.63, 3.8) is 0 Å². The number of allylic oxidation sites excluding steroid dienone is 7. The van der Waals surface area contributed by atoms with Gasteiger partial charge in [0.15, 0.2) is 0 Å². The fourth-order valence-electron chi connectivity index (χ4n) is 1.91. The molecule has 0 fully saturated rings. The molecule has 0 spiro atoms. The highest BCUT2D eigenvalue weighted by Crippen LogP contribution is 2.25. The number of nitrogens with zero attached hydrogens (tertiary/aromatic N) is 1. The Morgan fingerprint density at radius 3 is 1.92 bits per heavy atom. The van der Waals surface area contributed by atoms with Crippen LogP contribution in [-0.4, -0.2) is 0 Å². The summed E-state index contributed by atoms with van der Waals surface area (Å²) >= 11 is 0. The molecule has 0 aliphatic carbocycles. The van der Waals surface area contributed by atoms with Crippen molar-refractivity contribution >= 4 is 5.69 Å². The van der Waals surface area contributed by atoms with Gasteiger partial charge in [-0.3, -0.25) is 0 Å². The monoisotopic (exact) mass is 325 g/mol. The van der Waals surface area contributed by atoms with Gasteiger partial charge in [-0.15, -0.1) is 0 Å². The van der Waals surface area contributed by atoms with Gasteiger partial charge in [-0.05, 0) is 51.1 Å². The standard InChI is InChI=1S/C19H23N.2C2H6/c1-6-9-11-17(5)20(18(8-3)10-7-2)19-14-12-16(4)13-15-19;2*1-2/h6-15H,2-3H2,1,4-5H3;2*1-2H3/b9-6-,17-11+,18-10+;;. The summed E-state index contributed by atoms with van der Waals surface area (Å²) in [5.74, 6) is 0. The van der Waals surface area contributed by atoms with Crippen molar-refractivity contribution in [1.29, 1.82) is 0 Å². The fourth-order valence-corrected chi connectivity index (χ4v) is 1.91. The molecule has 0 saturated heterocycles. The first kappa shape index (κ1) is 24.0. The first-order valence-corrected chi connectivity index (χ1v) is 8.75. The van der Waals surface area contributed by atoms with Crippen LogP contribution in [0.15, 0.2) is 85.3 Å². The van der Waals surface area contributed by atoms with Crippen LogP contribution in [0.25, 0.3) is 0 Å². The van der Waals surface area contributed by atoms with Gasteiger partial charge in [0.1, 0.15) is 0 Å². The normalized spacial score (nSPS) is 11.0. The highest BCUT2D eigenvalue weighted by molar-refractivity contribution is 5.61. The Labute approximate surface area is 150 Å². The van der Waals surface area contributed by atoms with Gasteiger partial charge in [0.05, 0.1) is 0 Å². The lowest BCUT2D eigenvalue weighted by molar-refractivity contribution is 1.10. The molecule has 0 radical (unpaired) electrons. The van der Waals surface area contributed by atoms with E-state index in [1.807, 2.05) is 58.9 Å². The van der Waals surface area contributed by atoms with Gasteiger partial charge in [0.25, 0.3) is 0 Å². The molecule has 0 atom stereocenters. The maximum atomic E-state index is 3.90. The minimum Gasteiger partial charge on any atom is -0.315 e. The minimum absolute atomic E-state index is 1.00. The number of hydrogen-bond acceptors (Lipinski definition) is 1.